The van der Waals surface area contributed by atoms with Crippen LogP contribution in [0, 0.1) is 17.2 Å². The minimum atomic E-state index is -0.314. The van der Waals surface area contributed by atoms with Gasteiger partial charge in [-0.25, -0.2) is 4.39 Å². The molecule has 216 valence electrons. The molecular weight excluding hydrogens is 517 g/mol. The number of hydrogen-bond donors (Lipinski definition) is 1. The fourth-order valence-electron chi connectivity index (χ4n) is 7.88. The van der Waals surface area contributed by atoms with Crippen molar-refractivity contribution < 1.29 is 23.5 Å². The van der Waals surface area contributed by atoms with E-state index in [-0.39, 0.29) is 28.5 Å². The van der Waals surface area contributed by atoms with Gasteiger partial charge in [0.1, 0.15) is 23.9 Å². The Morgan fingerprint density at radius 2 is 1.78 bits per heavy atom. The maximum Gasteiger partial charge on any atom is 0.328 e. The molecule has 3 aliphatic carbocycles. The highest BCUT2D eigenvalue weighted by molar-refractivity contribution is 5.76. The standard InChI is InChI=1S/C35H40FNO4/c1-34(2)15-5-7-29(34)27-18-22(8-12-26(27)28-19-24(39-3)11-13-32(28)36)21-40-25-10-9-23-6-4-16-35(31(23)20-25)17-14-30(35)33(38)41-37/h8-13,18-20,29-30H,4-7,14-17,21,37H2,1-3H3/t29-,30+,35-/m0/s1. The maximum atomic E-state index is 15.1. The number of ether oxygens (including phenoxy) is 2. The number of nitrogens with two attached hydrogens (primary N) is 1. The van der Waals surface area contributed by atoms with Crippen LogP contribution >= 0.6 is 0 Å². The summed E-state index contributed by atoms with van der Waals surface area (Å²) < 4.78 is 26.9. The third-order valence-electron chi connectivity index (χ3n) is 10.3. The number of hydrogen-bond acceptors (Lipinski definition) is 5. The molecule has 0 unspecified atom stereocenters. The molecule has 0 aromatic heterocycles. The third kappa shape index (κ3) is 4.90. The van der Waals surface area contributed by atoms with Gasteiger partial charge in [0.05, 0.1) is 13.0 Å². The lowest BCUT2D eigenvalue weighted by molar-refractivity contribution is -0.157. The molecule has 0 bridgehead atoms. The van der Waals surface area contributed by atoms with E-state index < -0.39 is 0 Å². The lowest BCUT2D eigenvalue weighted by Gasteiger charge is -2.51. The zero-order chi connectivity index (χ0) is 28.8. The molecule has 2 saturated carbocycles. The van der Waals surface area contributed by atoms with Crippen molar-refractivity contribution >= 4 is 5.97 Å². The van der Waals surface area contributed by atoms with Crippen LogP contribution in [0.4, 0.5) is 4.39 Å². The van der Waals surface area contributed by atoms with E-state index in [1.54, 1.807) is 19.2 Å². The number of methoxy groups -OCH3 is 1. The van der Waals surface area contributed by atoms with Crippen molar-refractivity contribution in [2.45, 2.75) is 83.2 Å². The van der Waals surface area contributed by atoms with Gasteiger partial charge < -0.3 is 14.3 Å². The van der Waals surface area contributed by atoms with Gasteiger partial charge in [-0.3, -0.25) is 4.79 Å². The van der Waals surface area contributed by atoms with Crippen LogP contribution in [0.5, 0.6) is 11.5 Å². The van der Waals surface area contributed by atoms with E-state index in [4.69, 9.17) is 15.4 Å². The Bertz CT molecular complexity index is 1470. The highest BCUT2D eigenvalue weighted by atomic mass is 19.1. The maximum absolute atomic E-state index is 15.1. The molecular formula is C35H40FNO4. The summed E-state index contributed by atoms with van der Waals surface area (Å²) in [5, 5.41) is 0. The largest absolute Gasteiger partial charge is 0.497 e. The van der Waals surface area contributed by atoms with Gasteiger partial charge >= 0.3 is 5.97 Å². The average molecular weight is 558 g/mol. The molecule has 2 N–H and O–H groups in total. The molecule has 3 aromatic rings. The zero-order valence-electron chi connectivity index (χ0n) is 24.3. The fourth-order valence-corrected chi connectivity index (χ4v) is 7.88. The summed E-state index contributed by atoms with van der Waals surface area (Å²) in [7, 11) is 1.61. The molecule has 41 heavy (non-hydrogen) atoms. The smallest absolute Gasteiger partial charge is 0.328 e. The van der Waals surface area contributed by atoms with E-state index >= 15 is 4.39 Å². The van der Waals surface area contributed by atoms with Gasteiger partial charge in [-0.15, -0.1) is 0 Å². The highest BCUT2D eigenvalue weighted by Crippen LogP contribution is 2.56. The first-order chi connectivity index (χ1) is 19.8. The van der Waals surface area contributed by atoms with E-state index in [0.717, 1.165) is 68.2 Å². The van der Waals surface area contributed by atoms with Gasteiger partial charge in [0, 0.05) is 11.0 Å². The van der Waals surface area contributed by atoms with E-state index in [2.05, 4.69) is 36.9 Å². The first-order valence-electron chi connectivity index (χ1n) is 14.9. The quantitative estimate of drug-likeness (QED) is 0.301. The normalized spacial score (nSPS) is 24.4. The van der Waals surface area contributed by atoms with Crippen LogP contribution < -0.4 is 15.4 Å². The second kappa shape index (κ2) is 10.8. The van der Waals surface area contributed by atoms with Crippen LogP contribution in [0.25, 0.3) is 11.1 Å². The summed E-state index contributed by atoms with van der Waals surface area (Å²) in [5.74, 6) is 6.28. The molecule has 3 aliphatic rings. The summed E-state index contributed by atoms with van der Waals surface area (Å²) in [6.45, 7) is 5.04. The molecule has 5 nitrogen and oxygen atoms in total. The molecule has 2 fully saturated rings. The molecule has 1 spiro atoms. The molecule has 3 aromatic carbocycles. The molecule has 6 heteroatoms. The van der Waals surface area contributed by atoms with Gasteiger partial charge in [0.2, 0.25) is 0 Å². The Morgan fingerprint density at radius 1 is 0.951 bits per heavy atom. The Morgan fingerprint density at radius 3 is 2.49 bits per heavy atom. The molecule has 0 saturated heterocycles. The molecule has 0 heterocycles. The average Bonchev–Trinajstić information content (AvgIpc) is 3.33. The monoisotopic (exact) mass is 557 g/mol. The lowest BCUT2D eigenvalue weighted by Crippen LogP contribution is -2.51. The molecule has 0 radical (unpaired) electrons. The number of rotatable bonds is 7. The van der Waals surface area contributed by atoms with E-state index in [9.17, 15) is 4.79 Å². The van der Waals surface area contributed by atoms with Crippen LogP contribution in [0.15, 0.2) is 54.6 Å². The number of carbonyl (C=O) groups excluding carboxylic acids is 1. The van der Waals surface area contributed by atoms with Crippen molar-refractivity contribution in [3.05, 3.63) is 82.7 Å². The second-order valence-corrected chi connectivity index (χ2v) is 12.8. The SMILES string of the molecule is COc1ccc(F)c(-c2ccc(COc3ccc4c(c3)[C@@]3(CCC4)CC[C@@H]3C(=O)ON)cc2[C@@H]2CCCC2(C)C)c1. The Balaban J connectivity index is 1.31. The van der Waals surface area contributed by atoms with E-state index in [0.29, 0.717) is 23.8 Å². The number of carbonyl (C=O) groups is 1. The van der Waals surface area contributed by atoms with Gasteiger partial charge in [-0.1, -0.05) is 44.5 Å². The van der Waals surface area contributed by atoms with Gasteiger partial charge in [-0.05, 0) is 114 Å². The summed E-state index contributed by atoms with van der Waals surface area (Å²) in [4.78, 5) is 17.1. The minimum absolute atomic E-state index is 0.125. The van der Waals surface area contributed by atoms with Crippen LogP contribution in [-0.2, 0) is 28.1 Å². The van der Waals surface area contributed by atoms with Gasteiger partial charge in [0.15, 0.2) is 0 Å². The number of benzene rings is 3. The van der Waals surface area contributed by atoms with Crippen LogP contribution in [0.3, 0.4) is 0 Å². The predicted molar refractivity (Wildman–Crippen MR) is 157 cm³/mol. The summed E-state index contributed by atoms with van der Waals surface area (Å²) >= 11 is 0. The van der Waals surface area contributed by atoms with Crippen molar-refractivity contribution in [2.75, 3.05) is 7.11 Å². The molecule has 6 rings (SSSR count). The third-order valence-corrected chi connectivity index (χ3v) is 10.3. The Kier molecular flexibility index (Phi) is 7.31. The molecule has 3 atom stereocenters. The van der Waals surface area contributed by atoms with Gasteiger partial charge in [-0.2, -0.15) is 5.90 Å². The van der Waals surface area contributed by atoms with Gasteiger partial charge in [0.25, 0.3) is 0 Å². The van der Waals surface area contributed by atoms with Crippen LogP contribution in [-0.4, -0.2) is 13.1 Å². The van der Waals surface area contributed by atoms with Crippen molar-refractivity contribution in [2.24, 2.45) is 17.2 Å². The van der Waals surface area contributed by atoms with E-state index in [1.807, 2.05) is 18.2 Å². The Hall–Kier alpha value is -3.38. The van der Waals surface area contributed by atoms with Crippen molar-refractivity contribution in [3.63, 3.8) is 0 Å². The Labute approximate surface area is 242 Å². The number of halogens is 1. The predicted octanol–water partition coefficient (Wildman–Crippen LogP) is 7.78. The summed E-state index contributed by atoms with van der Waals surface area (Å²) in [6.07, 6.45) is 8.18. The van der Waals surface area contributed by atoms with Crippen LogP contribution in [0.2, 0.25) is 0 Å². The fraction of sp³-hybridized carbons (Fsp3) is 0.457. The van der Waals surface area contributed by atoms with Crippen molar-refractivity contribution in [3.8, 4) is 22.6 Å². The molecule has 0 aliphatic heterocycles. The summed E-state index contributed by atoms with van der Waals surface area (Å²) in [5.41, 5.74) is 6.13. The summed E-state index contributed by atoms with van der Waals surface area (Å²) in [6, 6.07) is 17.5. The number of aryl methyl sites for hydroxylation is 1. The first kappa shape index (κ1) is 27.8. The highest BCUT2D eigenvalue weighted by Gasteiger charge is 2.54. The van der Waals surface area contributed by atoms with Crippen molar-refractivity contribution in [1.82, 2.24) is 0 Å². The number of fused-ring (bicyclic) bond motifs is 2. The molecule has 0 amide bonds. The second-order valence-electron chi connectivity index (χ2n) is 12.8. The minimum Gasteiger partial charge on any atom is -0.497 e. The van der Waals surface area contributed by atoms with Crippen LogP contribution in [0.1, 0.15) is 87.0 Å². The topological polar surface area (TPSA) is 70.8 Å². The van der Waals surface area contributed by atoms with E-state index in [1.165, 1.54) is 22.8 Å². The first-order valence-corrected chi connectivity index (χ1v) is 14.9. The zero-order valence-corrected chi connectivity index (χ0v) is 24.3. The lowest BCUT2D eigenvalue weighted by atomic mass is 9.52. The van der Waals surface area contributed by atoms with Crippen molar-refractivity contribution in [1.29, 1.82) is 0 Å².